The molecule has 2 saturated heterocycles. The van der Waals surface area contributed by atoms with Crippen molar-refractivity contribution in [2.45, 2.75) is 98.3 Å². The minimum atomic E-state index is -0.258. The van der Waals surface area contributed by atoms with E-state index in [9.17, 15) is 14.0 Å². The van der Waals surface area contributed by atoms with E-state index in [1.54, 1.807) is 6.07 Å². The molecule has 0 saturated carbocycles. The molecular formula is C59H63FN4O2. The van der Waals surface area contributed by atoms with Crippen molar-refractivity contribution >= 4 is 33.6 Å². The molecule has 2 aromatic heterocycles. The number of likely N-dealkylation sites (tertiary alicyclic amines) is 2. The molecule has 4 heterocycles. The van der Waals surface area contributed by atoms with E-state index in [2.05, 4.69) is 164 Å². The fraction of sp³-hybridized carbons (Fsp3) is 0.288. The number of halogens is 1. The van der Waals surface area contributed by atoms with E-state index in [1.807, 2.05) is 29.7 Å². The van der Waals surface area contributed by atoms with Crippen molar-refractivity contribution in [3.63, 3.8) is 0 Å². The highest BCUT2D eigenvalue weighted by atomic mass is 19.1. The first-order valence-corrected chi connectivity index (χ1v) is 23.8. The average Bonchev–Trinajstić information content (AvgIpc) is 3.88. The van der Waals surface area contributed by atoms with Crippen LogP contribution in [0.3, 0.4) is 0 Å². The molecule has 338 valence electrons. The lowest BCUT2D eigenvalue weighted by Crippen LogP contribution is -2.37. The topological polar surface area (TPSA) is 50.5 Å². The van der Waals surface area contributed by atoms with Gasteiger partial charge in [-0.25, -0.2) is 4.39 Å². The molecule has 7 heteroatoms. The number of para-hydroxylation sites is 2. The van der Waals surface area contributed by atoms with Gasteiger partial charge in [0.2, 0.25) is 11.8 Å². The van der Waals surface area contributed by atoms with Crippen LogP contribution in [0.5, 0.6) is 0 Å². The molecule has 6 nitrogen and oxygen atoms in total. The normalized spacial score (nSPS) is 16.2. The number of amides is 2. The first-order chi connectivity index (χ1) is 32.1. The molecule has 0 N–H and O–H groups in total. The number of aryl methyl sites for hydroxylation is 3. The average molecular weight is 879 g/mol. The van der Waals surface area contributed by atoms with Gasteiger partial charge in [0, 0.05) is 86.3 Å². The van der Waals surface area contributed by atoms with Crippen LogP contribution in [0.25, 0.3) is 21.8 Å². The molecule has 10 rings (SSSR count). The quantitative estimate of drug-likeness (QED) is 0.137. The van der Waals surface area contributed by atoms with Crippen molar-refractivity contribution < 1.29 is 14.0 Å². The summed E-state index contributed by atoms with van der Waals surface area (Å²) in [5, 5.41) is 2.51. The lowest BCUT2D eigenvalue weighted by atomic mass is 9.88. The number of fused-ring (bicyclic) bond motifs is 2. The van der Waals surface area contributed by atoms with Gasteiger partial charge < -0.3 is 18.9 Å². The van der Waals surface area contributed by atoms with Crippen LogP contribution in [0.1, 0.15) is 101 Å². The van der Waals surface area contributed by atoms with Crippen molar-refractivity contribution in [2.75, 3.05) is 13.1 Å². The summed E-state index contributed by atoms with van der Waals surface area (Å²) in [6.45, 7) is 14.7. The van der Waals surface area contributed by atoms with Crippen LogP contribution < -0.4 is 0 Å². The molecule has 2 unspecified atom stereocenters. The van der Waals surface area contributed by atoms with Crippen LogP contribution in [-0.2, 0) is 35.8 Å². The zero-order chi connectivity index (χ0) is 46.2. The Morgan fingerprint density at radius 2 is 0.909 bits per heavy atom. The van der Waals surface area contributed by atoms with Gasteiger partial charge in [0.1, 0.15) is 5.82 Å². The Morgan fingerprint density at radius 1 is 0.470 bits per heavy atom. The molecule has 8 aromatic rings. The SMILES string of the molecule is CC.Cc1ccc(Cn2cc(C3CCN(Cc4cccc(C)c4)C(=O)C3)c3ccccc32)cc1.Cc1ccc(Cn2cc(C3CCN(Cc4cccc(F)c4)C(=O)C3)c3ccccc32)cc1. The van der Waals surface area contributed by atoms with E-state index < -0.39 is 0 Å². The summed E-state index contributed by atoms with van der Waals surface area (Å²) in [7, 11) is 0. The summed E-state index contributed by atoms with van der Waals surface area (Å²) in [5.74, 6) is 0.626. The largest absolute Gasteiger partial charge is 0.343 e. The number of rotatable bonds is 10. The van der Waals surface area contributed by atoms with E-state index >= 15 is 0 Å². The minimum Gasteiger partial charge on any atom is -0.343 e. The number of nitrogens with zero attached hydrogens (tertiary/aromatic N) is 4. The predicted molar refractivity (Wildman–Crippen MR) is 268 cm³/mol. The molecule has 0 aliphatic carbocycles. The van der Waals surface area contributed by atoms with E-state index in [1.165, 1.54) is 78.4 Å². The minimum absolute atomic E-state index is 0.140. The summed E-state index contributed by atoms with van der Waals surface area (Å²) in [6.07, 6.45) is 7.54. The van der Waals surface area contributed by atoms with Gasteiger partial charge >= 0.3 is 0 Å². The van der Waals surface area contributed by atoms with E-state index in [0.29, 0.717) is 32.5 Å². The van der Waals surface area contributed by atoms with Crippen molar-refractivity contribution in [1.82, 2.24) is 18.9 Å². The van der Waals surface area contributed by atoms with Gasteiger partial charge in [0.25, 0.3) is 0 Å². The van der Waals surface area contributed by atoms with Gasteiger partial charge in [-0.3, -0.25) is 9.59 Å². The second-order valence-electron chi connectivity index (χ2n) is 18.1. The Balaban J connectivity index is 0.000000173. The molecule has 0 radical (unpaired) electrons. The zero-order valence-electron chi connectivity index (χ0n) is 39.2. The van der Waals surface area contributed by atoms with Crippen molar-refractivity contribution in [3.8, 4) is 0 Å². The van der Waals surface area contributed by atoms with Gasteiger partial charge in [0.15, 0.2) is 0 Å². The highest BCUT2D eigenvalue weighted by molar-refractivity contribution is 5.87. The maximum Gasteiger partial charge on any atom is 0.223 e. The zero-order valence-corrected chi connectivity index (χ0v) is 39.2. The van der Waals surface area contributed by atoms with Crippen LogP contribution in [-0.4, -0.2) is 43.8 Å². The third-order valence-corrected chi connectivity index (χ3v) is 13.2. The summed E-state index contributed by atoms with van der Waals surface area (Å²) in [5.41, 5.74) is 13.4. The molecule has 2 atom stereocenters. The Hall–Kier alpha value is -6.73. The van der Waals surface area contributed by atoms with E-state index in [-0.39, 0.29) is 29.5 Å². The lowest BCUT2D eigenvalue weighted by molar-refractivity contribution is -0.135. The fourth-order valence-electron chi connectivity index (χ4n) is 9.75. The molecule has 2 aliphatic heterocycles. The second kappa shape index (κ2) is 21.1. The summed E-state index contributed by atoms with van der Waals surface area (Å²) in [6, 6.07) is 49.5. The monoisotopic (exact) mass is 878 g/mol. The van der Waals surface area contributed by atoms with Crippen LogP contribution in [0.4, 0.5) is 4.39 Å². The molecule has 6 aromatic carbocycles. The molecule has 2 aliphatic rings. The Kier molecular flexibility index (Phi) is 14.6. The number of piperidine rings is 2. The van der Waals surface area contributed by atoms with Gasteiger partial charge in [0.05, 0.1) is 0 Å². The highest BCUT2D eigenvalue weighted by Crippen LogP contribution is 2.37. The summed E-state index contributed by atoms with van der Waals surface area (Å²) >= 11 is 0. The maximum atomic E-state index is 13.5. The van der Waals surface area contributed by atoms with Crippen molar-refractivity contribution in [2.24, 2.45) is 0 Å². The Morgan fingerprint density at radius 3 is 1.35 bits per heavy atom. The lowest BCUT2D eigenvalue weighted by Gasteiger charge is -2.32. The van der Waals surface area contributed by atoms with Gasteiger partial charge in [-0.2, -0.15) is 0 Å². The molecular weight excluding hydrogens is 816 g/mol. The third-order valence-electron chi connectivity index (χ3n) is 13.2. The molecule has 66 heavy (non-hydrogen) atoms. The van der Waals surface area contributed by atoms with Crippen molar-refractivity contribution in [1.29, 1.82) is 0 Å². The predicted octanol–water partition coefficient (Wildman–Crippen LogP) is 13.3. The molecule has 2 fully saturated rings. The number of carbonyl (C=O) groups is 2. The number of benzene rings is 6. The highest BCUT2D eigenvalue weighted by Gasteiger charge is 2.30. The van der Waals surface area contributed by atoms with Crippen LogP contribution in [0.2, 0.25) is 0 Å². The number of hydrogen-bond donors (Lipinski definition) is 0. The van der Waals surface area contributed by atoms with Gasteiger partial charge in [-0.1, -0.05) is 152 Å². The first-order valence-electron chi connectivity index (χ1n) is 23.8. The molecule has 2 amide bonds. The van der Waals surface area contributed by atoms with Gasteiger partial charge in [-0.05, 0) is 103 Å². The van der Waals surface area contributed by atoms with E-state index in [0.717, 1.165) is 38.0 Å². The third kappa shape index (κ3) is 10.9. The molecule has 0 spiro atoms. The number of hydrogen-bond acceptors (Lipinski definition) is 2. The first kappa shape index (κ1) is 45.8. The van der Waals surface area contributed by atoms with Crippen molar-refractivity contribution in [3.05, 3.63) is 214 Å². The second-order valence-corrected chi connectivity index (χ2v) is 18.1. The maximum absolute atomic E-state index is 13.5. The number of carbonyl (C=O) groups excluding carboxylic acids is 2. The van der Waals surface area contributed by atoms with E-state index in [4.69, 9.17) is 0 Å². The number of aromatic nitrogens is 2. The van der Waals surface area contributed by atoms with Crippen LogP contribution >= 0.6 is 0 Å². The summed E-state index contributed by atoms with van der Waals surface area (Å²) in [4.78, 5) is 29.9. The molecule has 0 bridgehead atoms. The van der Waals surface area contributed by atoms with Crippen LogP contribution in [0.15, 0.2) is 158 Å². The van der Waals surface area contributed by atoms with Gasteiger partial charge in [-0.15, -0.1) is 0 Å². The Labute approximate surface area is 390 Å². The fourth-order valence-corrected chi connectivity index (χ4v) is 9.75. The standard InChI is InChI=1S/C29H30N2O.C28H27FN2O.C2H6/c1-21-10-12-23(13-11-21)18-31-20-27(26-8-3-4-9-28(26)31)25-14-15-30(29(32)17-25)19-24-7-5-6-22(2)16-24;1-20-9-11-21(12-10-20)17-31-19-26(25-7-2-3-8-27(25)31)23-13-14-30(28(32)16-23)18-22-5-4-6-24(29)15-22;1-2/h3-13,16,20,25H,14-15,17-19H2,1-2H3;2-12,15,19,23H,13-14,16-18H2,1H3;1-2H3. The smallest absolute Gasteiger partial charge is 0.223 e. The summed E-state index contributed by atoms with van der Waals surface area (Å²) < 4.78 is 18.2. The Bertz CT molecular complexity index is 2710. The van der Waals surface area contributed by atoms with Crippen LogP contribution in [0, 0.1) is 26.6 Å².